The number of hydrogen-bond donors (Lipinski definition) is 1. The monoisotopic (exact) mass is 636 g/mol. The second-order valence-corrected chi connectivity index (χ2v) is 11.1. The van der Waals surface area contributed by atoms with Gasteiger partial charge in [0.15, 0.2) is 0 Å². The predicted octanol–water partition coefficient (Wildman–Crippen LogP) is 10.6. The summed E-state index contributed by atoms with van der Waals surface area (Å²) < 4.78 is 53.9. The van der Waals surface area contributed by atoms with Crippen LogP contribution in [0.3, 0.4) is 0 Å². The molecule has 4 rings (SSSR count). The highest BCUT2D eigenvalue weighted by atomic mass is 35.5. The van der Waals surface area contributed by atoms with Crippen molar-refractivity contribution in [3.63, 3.8) is 0 Å². The van der Waals surface area contributed by atoms with Crippen LogP contribution in [0.1, 0.15) is 66.1 Å². The van der Waals surface area contributed by atoms with Gasteiger partial charge in [-0.05, 0) is 70.1 Å². The number of carbonyl (C=O) groups is 1. The molecular formula is C34H32ClF3N4O3. The van der Waals surface area contributed by atoms with Crippen molar-refractivity contribution in [3.05, 3.63) is 134 Å². The molecule has 0 saturated carbocycles. The van der Waals surface area contributed by atoms with E-state index in [4.69, 9.17) is 21.1 Å². The van der Waals surface area contributed by atoms with E-state index < -0.39 is 30.0 Å². The van der Waals surface area contributed by atoms with Crippen LogP contribution in [0, 0.1) is 0 Å². The Kier molecular flexibility index (Phi) is 11.0. The molecular weight excluding hydrogens is 605 g/mol. The first-order valence-corrected chi connectivity index (χ1v) is 14.6. The summed E-state index contributed by atoms with van der Waals surface area (Å²) in [6.45, 7) is 4.13. The summed E-state index contributed by atoms with van der Waals surface area (Å²) in [6.07, 6.45) is -6.98. The van der Waals surface area contributed by atoms with Crippen molar-refractivity contribution in [3.8, 4) is 16.9 Å². The second kappa shape index (κ2) is 14.9. The standard InChI is InChI=1S/C34H32ClF3N4O3/c1-21(2)24-11-16-31(44-3)28(17-24)27-15-12-25(34(36,37)38)18-29(27)32(45-33(43)40-20-22-7-5-4-6-8-22)19-30(41-42-39)23-9-13-26(35)14-10-23/h4-18,21,30,32H,19-20H2,1-3H3,(H,40,43). The van der Waals surface area contributed by atoms with E-state index in [0.29, 0.717) is 27.5 Å². The average Bonchev–Trinajstić information content (AvgIpc) is 3.03. The van der Waals surface area contributed by atoms with E-state index in [1.807, 2.05) is 56.3 Å². The number of nitrogens with zero attached hydrogens (tertiary/aromatic N) is 3. The fraction of sp³-hybridized carbons (Fsp3) is 0.265. The minimum atomic E-state index is -4.68. The summed E-state index contributed by atoms with van der Waals surface area (Å²) in [4.78, 5) is 16.2. The Balaban J connectivity index is 1.87. The lowest BCUT2D eigenvalue weighted by molar-refractivity contribution is -0.137. The maximum absolute atomic E-state index is 14.1. The van der Waals surface area contributed by atoms with Gasteiger partial charge in [-0.15, -0.1) is 0 Å². The number of rotatable bonds is 11. The number of benzene rings is 4. The number of nitrogens with one attached hydrogen (secondary N) is 1. The van der Waals surface area contributed by atoms with E-state index in [-0.39, 0.29) is 24.4 Å². The van der Waals surface area contributed by atoms with Gasteiger partial charge >= 0.3 is 12.3 Å². The number of alkyl carbamates (subject to hydrolysis) is 1. The third-order valence-corrected chi connectivity index (χ3v) is 7.57. The number of alkyl halides is 3. The minimum Gasteiger partial charge on any atom is -0.496 e. The summed E-state index contributed by atoms with van der Waals surface area (Å²) in [7, 11) is 1.47. The summed E-state index contributed by atoms with van der Waals surface area (Å²) in [5.41, 5.74) is 11.7. The number of ether oxygens (including phenoxy) is 2. The normalized spacial score (nSPS) is 12.6. The lowest BCUT2D eigenvalue weighted by Gasteiger charge is -2.26. The average molecular weight is 637 g/mol. The number of hydrogen-bond acceptors (Lipinski definition) is 4. The zero-order valence-corrected chi connectivity index (χ0v) is 25.6. The number of azide groups is 1. The predicted molar refractivity (Wildman–Crippen MR) is 168 cm³/mol. The first-order valence-electron chi connectivity index (χ1n) is 14.2. The maximum Gasteiger partial charge on any atom is 0.416 e. The molecule has 0 radical (unpaired) electrons. The molecule has 0 bridgehead atoms. The topological polar surface area (TPSA) is 96.3 Å². The van der Waals surface area contributed by atoms with Crippen molar-refractivity contribution in [2.24, 2.45) is 5.11 Å². The molecule has 2 atom stereocenters. The molecule has 7 nitrogen and oxygen atoms in total. The zero-order chi connectivity index (χ0) is 32.6. The molecule has 0 heterocycles. The SMILES string of the molecule is COc1ccc(C(C)C)cc1-c1ccc(C(F)(F)F)cc1C(CC(N=[N+]=[N-])c1ccc(Cl)cc1)OC(=O)NCc1ccccc1. The van der Waals surface area contributed by atoms with Crippen LogP contribution in [-0.4, -0.2) is 13.2 Å². The number of carbonyl (C=O) groups excluding carboxylic acids is 1. The van der Waals surface area contributed by atoms with Gasteiger partial charge in [-0.1, -0.05) is 85.2 Å². The van der Waals surface area contributed by atoms with Gasteiger partial charge < -0.3 is 14.8 Å². The van der Waals surface area contributed by atoms with Gasteiger partial charge in [0.05, 0.1) is 18.7 Å². The maximum atomic E-state index is 14.1. The molecule has 11 heteroatoms. The first-order chi connectivity index (χ1) is 21.5. The Labute approximate surface area is 264 Å². The quantitative estimate of drug-likeness (QED) is 0.101. The van der Waals surface area contributed by atoms with E-state index in [2.05, 4.69) is 15.3 Å². The van der Waals surface area contributed by atoms with Crippen LogP contribution < -0.4 is 10.1 Å². The third kappa shape index (κ3) is 8.71. The van der Waals surface area contributed by atoms with E-state index in [1.165, 1.54) is 13.2 Å². The highest BCUT2D eigenvalue weighted by Gasteiger charge is 2.34. The molecule has 4 aromatic rings. The summed E-state index contributed by atoms with van der Waals surface area (Å²) in [6, 6.07) is 23.5. The molecule has 0 spiro atoms. The lowest BCUT2D eigenvalue weighted by Crippen LogP contribution is -2.26. The van der Waals surface area contributed by atoms with Crippen LogP contribution in [0.25, 0.3) is 21.6 Å². The summed E-state index contributed by atoms with van der Waals surface area (Å²) >= 11 is 6.06. The Hall–Kier alpha value is -4.66. The van der Waals surface area contributed by atoms with Gasteiger partial charge in [-0.2, -0.15) is 13.2 Å². The molecule has 0 aliphatic rings. The highest BCUT2D eigenvalue weighted by Crippen LogP contribution is 2.43. The Bertz CT molecular complexity index is 1660. The highest BCUT2D eigenvalue weighted by molar-refractivity contribution is 6.30. The molecule has 0 aliphatic heterocycles. The molecule has 0 fully saturated rings. The largest absolute Gasteiger partial charge is 0.496 e. The molecule has 0 saturated heterocycles. The zero-order valence-electron chi connectivity index (χ0n) is 24.9. The van der Waals surface area contributed by atoms with E-state index in [1.54, 1.807) is 30.3 Å². The van der Waals surface area contributed by atoms with Crippen molar-refractivity contribution in [1.82, 2.24) is 5.32 Å². The van der Waals surface area contributed by atoms with Gasteiger partial charge in [0.2, 0.25) is 0 Å². The van der Waals surface area contributed by atoms with Crippen molar-refractivity contribution >= 4 is 17.7 Å². The summed E-state index contributed by atoms with van der Waals surface area (Å²) in [5.74, 6) is 0.541. The molecule has 0 aromatic heterocycles. The fourth-order valence-electron chi connectivity index (χ4n) is 4.93. The number of methoxy groups -OCH3 is 1. The lowest BCUT2D eigenvalue weighted by atomic mass is 9.88. The van der Waals surface area contributed by atoms with Gasteiger partial charge in [-0.25, -0.2) is 4.79 Å². The Morgan fingerprint density at radius 1 is 0.956 bits per heavy atom. The van der Waals surface area contributed by atoms with Crippen molar-refractivity contribution in [1.29, 1.82) is 0 Å². The van der Waals surface area contributed by atoms with E-state index in [9.17, 15) is 23.5 Å². The van der Waals surface area contributed by atoms with Gasteiger partial charge in [-0.3, -0.25) is 0 Å². The molecule has 234 valence electrons. The summed E-state index contributed by atoms with van der Waals surface area (Å²) in [5, 5.41) is 7.04. The van der Waals surface area contributed by atoms with E-state index in [0.717, 1.165) is 23.3 Å². The van der Waals surface area contributed by atoms with Gasteiger partial charge in [0.1, 0.15) is 11.9 Å². The minimum absolute atomic E-state index is 0.0750. The van der Waals surface area contributed by atoms with Gasteiger partial charge in [0.25, 0.3) is 0 Å². The molecule has 1 amide bonds. The van der Waals surface area contributed by atoms with Crippen LogP contribution in [-0.2, 0) is 17.5 Å². The molecule has 4 aromatic carbocycles. The number of amides is 1. The van der Waals surface area contributed by atoms with Crippen LogP contribution in [0.5, 0.6) is 5.75 Å². The van der Waals surface area contributed by atoms with Gasteiger partial charge in [0, 0.05) is 34.0 Å². The van der Waals surface area contributed by atoms with Crippen molar-refractivity contribution in [2.45, 2.75) is 51.1 Å². The molecule has 2 unspecified atom stereocenters. The van der Waals surface area contributed by atoms with Crippen molar-refractivity contribution in [2.75, 3.05) is 7.11 Å². The fourth-order valence-corrected chi connectivity index (χ4v) is 5.05. The van der Waals surface area contributed by atoms with Crippen LogP contribution in [0.15, 0.2) is 96.1 Å². The Morgan fingerprint density at radius 2 is 1.64 bits per heavy atom. The van der Waals surface area contributed by atoms with Crippen molar-refractivity contribution < 1.29 is 27.4 Å². The van der Waals surface area contributed by atoms with Crippen LogP contribution in [0.2, 0.25) is 5.02 Å². The first kappa shape index (κ1) is 33.2. The molecule has 0 aliphatic carbocycles. The van der Waals surface area contributed by atoms with Crippen LogP contribution in [0.4, 0.5) is 18.0 Å². The Morgan fingerprint density at radius 3 is 2.27 bits per heavy atom. The van der Waals surface area contributed by atoms with Crippen LogP contribution >= 0.6 is 11.6 Å². The number of halogens is 4. The smallest absolute Gasteiger partial charge is 0.416 e. The molecule has 1 N–H and O–H groups in total. The third-order valence-electron chi connectivity index (χ3n) is 7.32. The molecule has 45 heavy (non-hydrogen) atoms. The second-order valence-electron chi connectivity index (χ2n) is 10.7. The van der Waals surface area contributed by atoms with E-state index >= 15 is 0 Å².